The normalized spacial score (nSPS) is 11.7. The van der Waals surface area contributed by atoms with Crippen LogP contribution in [0, 0.1) is 0 Å². The number of carbonyl (C=O) groups is 1. The molecule has 3 rings (SSSR count). The van der Waals surface area contributed by atoms with Crippen LogP contribution >= 0.6 is 11.6 Å². The lowest BCUT2D eigenvalue weighted by Crippen LogP contribution is -2.33. The molecule has 2 heterocycles. The zero-order valence-electron chi connectivity index (χ0n) is 13.4. The van der Waals surface area contributed by atoms with Crippen molar-refractivity contribution in [1.29, 1.82) is 0 Å². The molecular weight excluding hydrogens is 330 g/mol. The highest BCUT2D eigenvalue weighted by Crippen LogP contribution is 2.17. The third kappa shape index (κ3) is 2.90. The molecule has 0 aliphatic heterocycles. The van der Waals surface area contributed by atoms with Crippen molar-refractivity contribution in [3.8, 4) is 0 Å². The van der Waals surface area contributed by atoms with Crippen molar-refractivity contribution in [2.24, 2.45) is 0 Å². The number of halogens is 1. The maximum atomic E-state index is 12.5. The summed E-state index contributed by atoms with van der Waals surface area (Å²) in [6.45, 7) is 5.90. The van der Waals surface area contributed by atoms with Crippen LogP contribution in [0.2, 0.25) is 5.02 Å². The van der Waals surface area contributed by atoms with E-state index in [4.69, 9.17) is 11.6 Å². The quantitative estimate of drug-likeness (QED) is 0.773. The predicted octanol–water partition coefficient (Wildman–Crippen LogP) is 2.39. The molecule has 0 saturated carbocycles. The van der Waals surface area contributed by atoms with Crippen molar-refractivity contribution >= 4 is 28.5 Å². The van der Waals surface area contributed by atoms with Gasteiger partial charge < -0.3 is 0 Å². The molecule has 0 atom stereocenters. The van der Waals surface area contributed by atoms with E-state index in [-0.39, 0.29) is 5.54 Å². The molecule has 0 bridgehead atoms. The summed E-state index contributed by atoms with van der Waals surface area (Å²) < 4.78 is 2.73. The summed E-state index contributed by atoms with van der Waals surface area (Å²) >= 11 is 5.80. The van der Waals surface area contributed by atoms with Crippen LogP contribution in [0.5, 0.6) is 0 Å². The van der Waals surface area contributed by atoms with Gasteiger partial charge in [0.2, 0.25) is 0 Å². The zero-order chi connectivity index (χ0) is 17.5. The van der Waals surface area contributed by atoms with Crippen molar-refractivity contribution in [3.05, 3.63) is 57.7 Å². The second-order valence-corrected chi connectivity index (χ2v) is 6.77. The molecule has 0 aliphatic carbocycles. The third-order valence-corrected chi connectivity index (χ3v) is 3.70. The number of benzene rings is 1. The molecule has 2 aromatic heterocycles. The molecule has 124 valence electrons. The third-order valence-electron chi connectivity index (χ3n) is 3.45. The minimum absolute atomic E-state index is 0.306. The van der Waals surface area contributed by atoms with E-state index in [0.717, 1.165) is 4.68 Å². The largest absolute Gasteiger partial charge is 0.283 e. The number of rotatable bonds is 2. The maximum Gasteiger partial charge on any atom is 0.283 e. The van der Waals surface area contributed by atoms with Crippen molar-refractivity contribution in [1.82, 2.24) is 19.4 Å². The first-order valence-corrected chi connectivity index (χ1v) is 7.68. The van der Waals surface area contributed by atoms with Crippen molar-refractivity contribution in [2.45, 2.75) is 26.3 Å². The fourth-order valence-electron chi connectivity index (χ4n) is 2.26. The number of nitrogens with zero attached hydrogens (tertiary/aromatic N) is 4. The highest BCUT2D eigenvalue weighted by Gasteiger charge is 2.20. The highest BCUT2D eigenvalue weighted by atomic mass is 35.5. The Bertz CT molecular complexity index is 967. The molecule has 24 heavy (non-hydrogen) atoms. The van der Waals surface area contributed by atoms with Gasteiger partial charge in [0.05, 0.1) is 11.7 Å². The summed E-state index contributed by atoms with van der Waals surface area (Å²) in [5, 5.41) is 5.09. The fraction of sp³-hybridized carbons (Fsp3) is 0.250. The molecule has 3 aromatic rings. The molecule has 0 spiro atoms. The van der Waals surface area contributed by atoms with Gasteiger partial charge in [-0.05, 0) is 45.0 Å². The molecule has 0 unspecified atom stereocenters. The van der Waals surface area contributed by atoms with E-state index in [9.17, 15) is 9.59 Å². The SMILES string of the molecule is CC(C)(C)n1ncc2c(=O)n(NC(=O)c3ccc(Cl)cc3)cnc21. The van der Waals surface area contributed by atoms with E-state index in [1.165, 1.54) is 12.5 Å². The molecule has 0 saturated heterocycles. The Morgan fingerprint density at radius 2 is 1.88 bits per heavy atom. The average Bonchev–Trinajstić information content (AvgIpc) is 2.95. The van der Waals surface area contributed by atoms with E-state index >= 15 is 0 Å². The molecule has 1 amide bonds. The standard InChI is InChI=1S/C16H16ClN5O2/c1-16(2,3)22-13-12(8-19-22)15(24)21(9-18-13)20-14(23)10-4-6-11(17)7-5-10/h4-9H,1-3H3,(H,20,23). The van der Waals surface area contributed by atoms with Gasteiger partial charge in [-0.1, -0.05) is 11.6 Å². The molecule has 8 heteroatoms. The highest BCUT2D eigenvalue weighted by molar-refractivity contribution is 6.30. The number of fused-ring (bicyclic) bond motifs is 1. The minimum Gasteiger partial charge on any atom is -0.267 e. The summed E-state index contributed by atoms with van der Waals surface area (Å²) in [6, 6.07) is 6.36. The first-order valence-electron chi connectivity index (χ1n) is 7.30. The summed E-state index contributed by atoms with van der Waals surface area (Å²) in [4.78, 5) is 29.0. The number of amides is 1. The Labute approximate surface area is 142 Å². The Balaban J connectivity index is 1.96. The predicted molar refractivity (Wildman–Crippen MR) is 91.9 cm³/mol. The van der Waals surface area contributed by atoms with E-state index in [1.807, 2.05) is 20.8 Å². The molecular formula is C16H16ClN5O2. The molecule has 0 fully saturated rings. The molecule has 0 aliphatic rings. The van der Waals surface area contributed by atoms with Gasteiger partial charge in [0.15, 0.2) is 5.65 Å². The summed E-state index contributed by atoms with van der Waals surface area (Å²) in [7, 11) is 0. The van der Waals surface area contributed by atoms with Gasteiger partial charge in [0.25, 0.3) is 11.5 Å². The van der Waals surface area contributed by atoms with Crippen LogP contribution < -0.4 is 11.0 Å². The van der Waals surface area contributed by atoms with Crippen LogP contribution in [0.1, 0.15) is 31.1 Å². The summed E-state index contributed by atoms with van der Waals surface area (Å²) in [5.41, 5.74) is 2.67. The lowest BCUT2D eigenvalue weighted by molar-refractivity contribution is 0.101. The number of hydrogen-bond donors (Lipinski definition) is 1. The number of nitrogens with one attached hydrogen (secondary N) is 1. The second-order valence-electron chi connectivity index (χ2n) is 6.33. The minimum atomic E-state index is -0.432. The Morgan fingerprint density at radius 3 is 2.50 bits per heavy atom. The van der Waals surface area contributed by atoms with Crippen LogP contribution in [0.25, 0.3) is 11.0 Å². The average molecular weight is 346 g/mol. The van der Waals surface area contributed by atoms with Crippen LogP contribution in [0.15, 0.2) is 41.6 Å². The molecule has 1 N–H and O–H groups in total. The molecule has 0 radical (unpaired) electrons. The van der Waals surface area contributed by atoms with Gasteiger partial charge in [-0.3, -0.25) is 15.0 Å². The van der Waals surface area contributed by atoms with Gasteiger partial charge in [0.1, 0.15) is 11.7 Å². The van der Waals surface area contributed by atoms with Crippen LogP contribution in [0.3, 0.4) is 0 Å². The molecule has 7 nitrogen and oxygen atoms in total. The van der Waals surface area contributed by atoms with Crippen LogP contribution in [0.4, 0.5) is 0 Å². The number of hydrogen-bond acceptors (Lipinski definition) is 4. The molecule has 1 aromatic carbocycles. The van der Waals surface area contributed by atoms with E-state index in [0.29, 0.717) is 21.6 Å². The van der Waals surface area contributed by atoms with Crippen molar-refractivity contribution in [3.63, 3.8) is 0 Å². The van der Waals surface area contributed by atoms with E-state index < -0.39 is 11.5 Å². The fourth-order valence-corrected chi connectivity index (χ4v) is 2.38. The monoisotopic (exact) mass is 345 g/mol. The number of carbonyl (C=O) groups excluding carboxylic acids is 1. The second kappa shape index (κ2) is 5.76. The Morgan fingerprint density at radius 1 is 1.21 bits per heavy atom. The van der Waals surface area contributed by atoms with E-state index in [2.05, 4.69) is 15.5 Å². The number of aromatic nitrogens is 4. The van der Waals surface area contributed by atoms with E-state index in [1.54, 1.807) is 28.9 Å². The van der Waals surface area contributed by atoms with Gasteiger partial charge in [-0.25, -0.2) is 14.3 Å². The lowest BCUT2D eigenvalue weighted by atomic mass is 10.1. The summed E-state index contributed by atoms with van der Waals surface area (Å²) in [6.07, 6.45) is 2.74. The zero-order valence-corrected chi connectivity index (χ0v) is 14.2. The van der Waals surface area contributed by atoms with Crippen LogP contribution in [-0.4, -0.2) is 25.3 Å². The van der Waals surface area contributed by atoms with Crippen molar-refractivity contribution in [2.75, 3.05) is 5.43 Å². The van der Waals surface area contributed by atoms with Gasteiger partial charge in [-0.2, -0.15) is 5.10 Å². The first-order chi connectivity index (χ1) is 11.3. The van der Waals surface area contributed by atoms with Crippen molar-refractivity contribution < 1.29 is 4.79 Å². The van der Waals surface area contributed by atoms with Gasteiger partial charge in [-0.15, -0.1) is 0 Å². The Hall–Kier alpha value is -2.67. The van der Waals surface area contributed by atoms with Gasteiger partial charge in [0, 0.05) is 10.6 Å². The lowest BCUT2D eigenvalue weighted by Gasteiger charge is -2.19. The maximum absolute atomic E-state index is 12.5. The smallest absolute Gasteiger partial charge is 0.267 e. The first kappa shape index (κ1) is 16.2. The topological polar surface area (TPSA) is 81.8 Å². The van der Waals surface area contributed by atoms with Crippen LogP contribution in [-0.2, 0) is 5.54 Å². The summed E-state index contributed by atoms with van der Waals surface area (Å²) in [5.74, 6) is -0.432. The Kier molecular flexibility index (Phi) is 3.88. The van der Waals surface area contributed by atoms with Gasteiger partial charge >= 0.3 is 0 Å².